The van der Waals surface area contributed by atoms with Crippen molar-refractivity contribution in [2.45, 2.75) is 34.1 Å². The van der Waals surface area contributed by atoms with Gasteiger partial charge in [-0.3, -0.25) is 0 Å². The number of alkyl halides is 2. The predicted molar refractivity (Wildman–Crippen MR) is 557 cm³/mol. The Labute approximate surface area is 802 Å². The molecule has 0 spiro atoms. The van der Waals surface area contributed by atoms with Gasteiger partial charge in [-0.1, -0.05) is 309 Å². The van der Waals surface area contributed by atoms with Crippen molar-refractivity contribution in [1.82, 2.24) is 44.9 Å². The van der Waals surface area contributed by atoms with E-state index in [-0.39, 0.29) is 11.1 Å². The van der Waals surface area contributed by atoms with E-state index in [0.29, 0.717) is 22.5 Å². The number of benzene rings is 18. The van der Waals surface area contributed by atoms with Gasteiger partial charge in [-0.15, -0.1) is 0 Å². The van der Waals surface area contributed by atoms with E-state index in [9.17, 15) is 27.2 Å². The molecule has 6 heterocycles. The van der Waals surface area contributed by atoms with E-state index in [0.717, 1.165) is 250 Å². The third-order valence-electron chi connectivity index (χ3n) is 25.6. The molecule has 0 atom stereocenters. The lowest BCUT2D eigenvalue weighted by Crippen LogP contribution is -1.99. The van der Waals surface area contributed by atoms with Crippen LogP contribution in [-0.2, 0) is 0 Å². The highest BCUT2D eigenvalue weighted by atomic mass is 19.3. The molecule has 11 nitrogen and oxygen atoms in total. The van der Waals surface area contributed by atoms with Crippen LogP contribution >= 0.6 is 0 Å². The van der Waals surface area contributed by atoms with Gasteiger partial charge in [0.1, 0.15) is 0 Å². The smallest absolute Gasteiger partial charge is 0.247 e. The molecule has 140 heavy (non-hydrogen) atoms. The number of nitriles is 1. The average Bonchev–Trinajstić information content (AvgIpc) is 0.728. The minimum Gasteiger partial charge on any atom is -0.247 e. The lowest BCUT2D eigenvalue weighted by Gasteiger charge is -2.17. The van der Waals surface area contributed by atoms with Gasteiger partial charge in [-0.25, -0.2) is 71.7 Å². The SMILES string of the molecule is Cc1cc(-c2cccc(-c3nc4ccccc4c4c3c(C)cc3nc(-c5ccccc5)c(-c5ccccc5)nc34)c2)cc(C(F)F)c1.Cc1cc2nc(-c3ccccc3)c(-c3ccccc3)nc2c2c1c(-c1cccc(-c3cc(F)c(F)c(F)c3)c1)nc1ccccc12.[C-]#[N+]c1cc(C#N)cc(-c2cccc(-c3nc4ccccc4c4c3c(C)cc3nc(-c5ccccc5)c(-c5ccccc5)nc34)c2)c1. The molecule has 6 aromatic heterocycles. The van der Waals surface area contributed by atoms with E-state index in [1.54, 1.807) is 24.3 Å². The van der Waals surface area contributed by atoms with E-state index in [1.807, 2.05) is 287 Å². The van der Waals surface area contributed by atoms with Crippen LogP contribution in [0.25, 0.3) is 238 Å². The van der Waals surface area contributed by atoms with Crippen LogP contribution in [0.4, 0.5) is 27.6 Å². The van der Waals surface area contributed by atoms with Crippen LogP contribution in [0, 0.1) is 63.0 Å². The van der Waals surface area contributed by atoms with Crippen molar-refractivity contribution in [2.24, 2.45) is 0 Å². The second kappa shape index (κ2) is 36.8. The Morgan fingerprint density at radius 3 is 0.843 bits per heavy atom. The number of rotatable bonds is 13. The number of nitrogens with zero attached hydrogens (tertiary/aromatic N) is 11. The summed E-state index contributed by atoms with van der Waals surface area (Å²) in [5.41, 5.74) is 31.8. The molecule has 0 fully saturated rings. The van der Waals surface area contributed by atoms with Gasteiger partial charge >= 0.3 is 0 Å². The first-order valence-electron chi connectivity index (χ1n) is 45.7. The first-order chi connectivity index (χ1) is 68.5. The number of aryl methyl sites for hydroxylation is 4. The van der Waals surface area contributed by atoms with Crippen LogP contribution < -0.4 is 0 Å². The number of pyridine rings is 3. The van der Waals surface area contributed by atoms with Crippen molar-refractivity contribution in [3.05, 3.63) is 457 Å². The molecule has 0 saturated carbocycles. The molecule has 24 aromatic rings. The standard InChI is InChI=1S/C42H29F2N3.C42H25N5.C40H24F3N3/c1-25-20-31(24-32(21-25)42(43)44)29-16-11-17-30(23-29)38-36-26(2)22-35-41(37(36)33-18-9-10-19-34(33)45-38)47-40(28-14-7-4-8-15-28)39(46-35)27-12-5-3-6-13-27;1-26-20-36-42(47-41(29-14-7-4-8-15-29)40(46-36)28-12-5-3-6-13-28)38-34-18-9-10-19-35(34)45-39(37(26)38)31-17-11-16-30(23-31)32-21-27(25-43)22-33(24-32)44-2;1-23-19-33-40(46-39(25-13-6-3-7-14-25)38(45-33)24-11-4-2-5-12-24)35-29-17-8-9-18-32(29)44-37(34(23)35)27-16-10-15-26(20-27)28-21-30(41)36(43)31(42)22-28/h3-24,42H,1-2H3;3-24H,1H3;2-22H,1H3. The van der Waals surface area contributed by atoms with Crippen LogP contribution in [0.1, 0.15) is 39.8 Å². The third kappa shape index (κ3) is 16.4. The summed E-state index contributed by atoms with van der Waals surface area (Å²) in [6.07, 6.45) is -2.54. The Kier molecular flexibility index (Phi) is 22.9. The lowest BCUT2D eigenvalue weighted by molar-refractivity contribution is 0.151. The van der Waals surface area contributed by atoms with E-state index < -0.39 is 23.9 Å². The van der Waals surface area contributed by atoms with E-state index in [4.69, 9.17) is 51.4 Å². The van der Waals surface area contributed by atoms with Crippen LogP contribution in [-0.4, -0.2) is 44.9 Å². The summed E-state index contributed by atoms with van der Waals surface area (Å²) in [6.45, 7) is 15.6. The number of aromatic nitrogens is 9. The maximum absolute atomic E-state index is 14.2. The number of para-hydroxylation sites is 3. The Balaban J connectivity index is 0.000000121. The summed E-state index contributed by atoms with van der Waals surface area (Å²) in [7, 11) is 0. The fourth-order valence-electron chi connectivity index (χ4n) is 19.2. The Hall–Kier alpha value is -18.4. The van der Waals surface area contributed by atoms with Crippen LogP contribution in [0.15, 0.2) is 394 Å². The third-order valence-corrected chi connectivity index (χ3v) is 25.6. The average molecular weight is 1820 g/mol. The molecule has 0 radical (unpaired) electrons. The van der Waals surface area contributed by atoms with Crippen LogP contribution in [0.3, 0.4) is 0 Å². The largest absolute Gasteiger partial charge is 0.263 e. The number of hydrogen-bond acceptors (Lipinski definition) is 10. The molecule has 16 heteroatoms. The van der Waals surface area contributed by atoms with Gasteiger partial charge in [-0.05, 0) is 169 Å². The number of halogens is 5. The zero-order valence-electron chi connectivity index (χ0n) is 75.9. The molecule has 0 aliphatic heterocycles. The van der Waals surface area contributed by atoms with Crippen molar-refractivity contribution in [3.63, 3.8) is 0 Å². The fourth-order valence-corrected chi connectivity index (χ4v) is 19.2. The summed E-state index contributed by atoms with van der Waals surface area (Å²) in [6, 6.07) is 129. The highest BCUT2D eigenvalue weighted by Gasteiger charge is 2.27. The first kappa shape index (κ1) is 87.0. The topological polar surface area (TPSA) is 144 Å². The van der Waals surface area contributed by atoms with Crippen molar-refractivity contribution in [3.8, 4) is 141 Å². The van der Waals surface area contributed by atoms with Crippen LogP contribution in [0.5, 0.6) is 0 Å². The first-order valence-corrected chi connectivity index (χ1v) is 45.7. The monoisotopic (exact) mass is 1820 g/mol. The Morgan fingerprint density at radius 2 is 0.529 bits per heavy atom. The zero-order chi connectivity index (χ0) is 95.3. The van der Waals surface area contributed by atoms with E-state index in [2.05, 4.69) is 110 Å². The van der Waals surface area contributed by atoms with Gasteiger partial charge in [0.15, 0.2) is 23.1 Å². The van der Waals surface area contributed by atoms with Gasteiger partial charge in [0.2, 0.25) is 0 Å². The van der Waals surface area contributed by atoms with E-state index in [1.165, 1.54) is 0 Å². The molecule has 0 saturated heterocycles. The van der Waals surface area contributed by atoms with Crippen LogP contribution in [0.2, 0.25) is 0 Å². The van der Waals surface area contributed by atoms with Crippen molar-refractivity contribution in [2.75, 3.05) is 0 Å². The van der Waals surface area contributed by atoms with Crippen molar-refractivity contribution in [1.29, 1.82) is 5.26 Å². The molecule has 0 bridgehead atoms. The summed E-state index contributed by atoms with van der Waals surface area (Å²) < 4.78 is 69.6. The minimum atomic E-state index is -2.54. The molecule has 0 amide bonds. The highest BCUT2D eigenvalue weighted by molar-refractivity contribution is 6.25. The van der Waals surface area contributed by atoms with Gasteiger partial charge in [0.25, 0.3) is 6.43 Å². The van der Waals surface area contributed by atoms with Gasteiger partial charge in [0, 0.05) is 110 Å². The number of fused-ring (bicyclic) bond motifs is 15. The summed E-state index contributed by atoms with van der Waals surface area (Å²) in [5.74, 6) is -3.96. The van der Waals surface area contributed by atoms with Gasteiger partial charge < -0.3 is 0 Å². The number of hydrogen-bond donors (Lipinski definition) is 0. The maximum atomic E-state index is 14.2. The summed E-state index contributed by atoms with van der Waals surface area (Å²) in [5, 5.41) is 18.4. The molecule has 0 N–H and O–H groups in total. The maximum Gasteiger partial charge on any atom is 0.263 e. The highest BCUT2D eigenvalue weighted by Crippen LogP contribution is 2.48. The minimum absolute atomic E-state index is 0.0182. The molecule has 664 valence electrons. The van der Waals surface area contributed by atoms with Crippen molar-refractivity contribution < 1.29 is 22.0 Å². The van der Waals surface area contributed by atoms with Gasteiger partial charge in [-0.2, -0.15) is 5.26 Å². The van der Waals surface area contributed by atoms with Crippen molar-refractivity contribution >= 4 is 104 Å². The normalized spacial score (nSPS) is 11.4. The molecule has 0 aliphatic rings. The molecular weight excluding hydrogens is 1740 g/mol. The fraction of sp³-hybridized carbons (Fsp3) is 0.0403. The molecular formula is C124H78F5N11. The quantitative estimate of drug-likeness (QED) is 0.0473. The Bertz CT molecular complexity index is 9150. The lowest BCUT2D eigenvalue weighted by atomic mass is 9.93. The van der Waals surface area contributed by atoms with Gasteiger partial charge in [0.05, 0.1) is 114 Å². The molecule has 0 unspecified atom stereocenters. The molecule has 24 rings (SSSR count). The predicted octanol–water partition coefficient (Wildman–Crippen LogP) is 33.0. The second-order valence-corrected chi connectivity index (χ2v) is 34.7. The summed E-state index contributed by atoms with van der Waals surface area (Å²) in [4.78, 5) is 51.2. The summed E-state index contributed by atoms with van der Waals surface area (Å²) >= 11 is 0. The zero-order valence-corrected chi connectivity index (χ0v) is 75.9. The molecule has 18 aromatic carbocycles. The molecule has 0 aliphatic carbocycles. The van der Waals surface area contributed by atoms with E-state index >= 15 is 0 Å². The second-order valence-electron chi connectivity index (χ2n) is 34.7. The Morgan fingerprint density at radius 1 is 0.250 bits per heavy atom.